The monoisotopic (exact) mass is 282 g/mol. The molecule has 1 N–H and O–H groups in total. The van der Waals surface area contributed by atoms with Crippen molar-refractivity contribution in [2.75, 3.05) is 0 Å². The molecule has 0 aliphatic carbocycles. The number of aromatic nitrogens is 2. The van der Waals surface area contributed by atoms with Crippen LogP contribution in [0.4, 0.5) is 13.2 Å². The molecule has 6 heteroatoms. The molecule has 1 atom stereocenters. The molecule has 0 amide bonds. The average Bonchev–Trinajstić information content (AvgIpc) is 2.80. The van der Waals surface area contributed by atoms with Crippen molar-refractivity contribution in [1.82, 2.24) is 9.55 Å². The molecule has 1 unspecified atom stereocenters. The van der Waals surface area contributed by atoms with Crippen LogP contribution in [0.3, 0.4) is 0 Å². The van der Waals surface area contributed by atoms with Gasteiger partial charge in [-0.05, 0) is 18.6 Å². The molecule has 0 saturated carbocycles. The van der Waals surface area contributed by atoms with Gasteiger partial charge in [0.05, 0.1) is 17.4 Å². The first-order chi connectivity index (χ1) is 9.43. The van der Waals surface area contributed by atoms with Crippen molar-refractivity contribution < 1.29 is 18.3 Å². The summed E-state index contributed by atoms with van der Waals surface area (Å²) in [6.45, 7) is 0.685. The van der Waals surface area contributed by atoms with Gasteiger partial charge < -0.3 is 9.67 Å². The van der Waals surface area contributed by atoms with E-state index in [0.717, 1.165) is 18.0 Å². The van der Waals surface area contributed by atoms with Gasteiger partial charge in [0.25, 0.3) is 0 Å². The third-order valence-corrected chi connectivity index (χ3v) is 3.49. The fourth-order valence-electron chi connectivity index (χ4n) is 2.38. The molecule has 1 aliphatic heterocycles. The van der Waals surface area contributed by atoms with Crippen LogP contribution in [0.15, 0.2) is 30.5 Å². The van der Waals surface area contributed by atoms with Crippen LogP contribution in [0.5, 0.6) is 0 Å². The fraction of sp³-hybridized carbons (Fsp3) is 0.357. The van der Waals surface area contributed by atoms with Gasteiger partial charge in [0.15, 0.2) is 0 Å². The minimum atomic E-state index is -4.32. The van der Waals surface area contributed by atoms with Crippen molar-refractivity contribution in [3.63, 3.8) is 0 Å². The summed E-state index contributed by atoms with van der Waals surface area (Å²) >= 11 is 0. The topological polar surface area (TPSA) is 38.0 Å². The number of aryl methyl sites for hydroxylation is 1. The molecule has 3 nitrogen and oxygen atoms in total. The van der Waals surface area contributed by atoms with Gasteiger partial charge in [-0.15, -0.1) is 0 Å². The molecule has 2 heterocycles. The summed E-state index contributed by atoms with van der Waals surface area (Å²) in [4.78, 5) is 4.38. The van der Waals surface area contributed by atoms with E-state index in [9.17, 15) is 18.3 Å². The van der Waals surface area contributed by atoms with Crippen molar-refractivity contribution in [1.29, 1.82) is 0 Å². The lowest BCUT2D eigenvalue weighted by Crippen LogP contribution is -2.22. The van der Waals surface area contributed by atoms with Crippen LogP contribution in [0.2, 0.25) is 0 Å². The van der Waals surface area contributed by atoms with E-state index in [4.69, 9.17) is 0 Å². The Morgan fingerprint density at radius 1 is 1.20 bits per heavy atom. The van der Waals surface area contributed by atoms with Gasteiger partial charge in [0.1, 0.15) is 5.82 Å². The number of hydrogen-bond donors (Lipinski definition) is 1. The largest absolute Gasteiger partial charge is 0.416 e. The molecule has 0 bridgehead atoms. The Balaban J connectivity index is 1.90. The maximum absolute atomic E-state index is 12.5. The van der Waals surface area contributed by atoms with Crippen molar-refractivity contribution in [3.05, 3.63) is 41.9 Å². The first-order valence-electron chi connectivity index (χ1n) is 6.35. The Morgan fingerprint density at radius 3 is 2.55 bits per heavy atom. The highest BCUT2D eigenvalue weighted by Gasteiger charge is 2.30. The second-order valence-corrected chi connectivity index (χ2v) is 4.96. The van der Waals surface area contributed by atoms with Crippen molar-refractivity contribution in [2.45, 2.75) is 31.7 Å². The van der Waals surface area contributed by atoms with Gasteiger partial charge in [-0.2, -0.15) is 13.2 Å². The molecule has 1 aromatic carbocycles. The molecule has 0 radical (unpaired) electrons. The second kappa shape index (κ2) is 4.63. The number of hydrogen-bond acceptors (Lipinski definition) is 2. The number of halogens is 3. The zero-order chi connectivity index (χ0) is 14.3. The highest BCUT2D eigenvalue weighted by Crippen LogP contribution is 2.31. The number of aliphatic hydroxyl groups is 1. The van der Waals surface area contributed by atoms with E-state index in [1.54, 1.807) is 0 Å². The molecular weight excluding hydrogens is 269 g/mol. The number of aliphatic hydroxyl groups excluding tert-OH is 1. The minimum absolute atomic E-state index is 0.384. The molecule has 1 aliphatic rings. The lowest BCUT2D eigenvalue weighted by molar-refractivity contribution is -0.137. The molecule has 1 aromatic heterocycles. The third-order valence-electron chi connectivity index (χ3n) is 3.49. The molecule has 0 fully saturated rings. The SMILES string of the molecule is OC1CCn2cc(-c3ccc(C(F)(F)F)cc3)nc2C1. The number of fused-ring (bicyclic) bond motifs is 1. The van der Waals surface area contributed by atoms with Crippen molar-refractivity contribution in [3.8, 4) is 11.3 Å². The third kappa shape index (κ3) is 2.43. The van der Waals surface area contributed by atoms with Crippen LogP contribution >= 0.6 is 0 Å². The normalized spacial score (nSPS) is 18.9. The van der Waals surface area contributed by atoms with E-state index < -0.39 is 11.7 Å². The zero-order valence-corrected chi connectivity index (χ0v) is 10.6. The van der Waals surface area contributed by atoms with Gasteiger partial charge in [-0.3, -0.25) is 0 Å². The summed E-state index contributed by atoms with van der Waals surface area (Å²) in [7, 11) is 0. The molecule has 0 spiro atoms. The molecule has 20 heavy (non-hydrogen) atoms. The number of alkyl halides is 3. The van der Waals surface area contributed by atoms with Gasteiger partial charge in [0, 0.05) is 24.7 Å². The van der Waals surface area contributed by atoms with Crippen molar-refractivity contribution >= 4 is 0 Å². The smallest absolute Gasteiger partial charge is 0.393 e. The number of rotatable bonds is 1. The van der Waals surface area contributed by atoms with Gasteiger partial charge >= 0.3 is 6.18 Å². The summed E-state index contributed by atoms with van der Waals surface area (Å²) < 4.78 is 39.5. The Kier molecular flexibility index (Phi) is 3.05. The van der Waals surface area contributed by atoms with Crippen molar-refractivity contribution in [2.24, 2.45) is 0 Å². The van der Waals surface area contributed by atoms with Crippen LogP contribution in [0.1, 0.15) is 17.8 Å². The van der Waals surface area contributed by atoms with E-state index in [2.05, 4.69) is 4.98 Å². The van der Waals surface area contributed by atoms with E-state index in [0.29, 0.717) is 30.6 Å². The predicted molar refractivity (Wildman–Crippen MR) is 67.0 cm³/mol. The first-order valence-corrected chi connectivity index (χ1v) is 6.35. The van der Waals surface area contributed by atoms with E-state index in [1.807, 2.05) is 10.8 Å². The number of imidazole rings is 1. The molecule has 3 rings (SSSR count). The minimum Gasteiger partial charge on any atom is -0.393 e. The van der Waals surface area contributed by atoms with E-state index in [1.165, 1.54) is 12.1 Å². The Bertz CT molecular complexity index is 616. The Labute approximate surface area is 113 Å². The number of nitrogens with zero attached hydrogens (tertiary/aromatic N) is 2. The zero-order valence-electron chi connectivity index (χ0n) is 10.6. The van der Waals surface area contributed by atoms with E-state index in [-0.39, 0.29) is 6.10 Å². The van der Waals surface area contributed by atoms with Gasteiger partial charge in [-0.25, -0.2) is 4.98 Å². The summed E-state index contributed by atoms with van der Waals surface area (Å²) in [5.41, 5.74) is 0.623. The standard InChI is InChI=1S/C14H13F3N2O/c15-14(16,17)10-3-1-9(2-4-10)12-8-19-6-5-11(20)7-13(19)18-12/h1-4,8,11,20H,5-7H2. The van der Waals surface area contributed by atoms with Crippen LogP contribution in [0.25, 0.3) is 11.3 Å². The lowest BCUT2D eigenvalue weighted by Gasteiger charge is -2.18. The van der Waals surface area contributed by atoms with E-state index >= 15 is 0 Å². The van der Waals surface area contributed by atoms with Crippen LogP contribution < -0.4 is 0 Å². The second-order valence-electron chi connectivity index (χ2n) is 4.96. The first kappa shape index (κ1) is 13.2. The number of benzene rings is 1. The molecule has 0 saturated heterocycles. The predicted octanol–water partition coefficient (Wildman–Crippen LogP) is 2.88. The van der Waals surface area contributed by atoms with Gasteiger partial charge in [0.2, 0.25) is 0 Å². The molecular formula is C14H13F3N2O. The van der Waals surface area contributed by atoms with Crippen LogP contribution in [0, 0.1) is 0 Å². The summed E-state index contributed by atoms with van der Waals surface area (Å²) in [6, 6.07) is 4.96. The highest BCUT2D eigenvalue weighted by atomic mass is 19.4. The maximum atomic E-state index is 12.5. The van der Waals surface area contributed by atoms with Gasteiger partial charge in [-0.1, -0.05) is 12.1 Å². The quantitative estimate of drug-likeness (QED) is 0.873. The summed E-state index contributed by atoms with van der Waals surface area (Å²) in [5.74, 6) is 0.777. The summed E-state index contributed by atoms with van der Waals surface area (Å²) in [6.07, 6.45) is -1.72. The lowest BCUT2D eigenvalue weighted by atomic mass is 10.1. The Morgan fingerprint density at radius 2 is 1.90 bits per heavy atom. The van der Waals surface area contributed by atoms with Crippen LogP contribution in [-0.4, -0.2) is 20.8 Å². The van der Waals surface area contributed by atoms with Crippen LogP contribution in [-0.2, 0) is 19.1 Å². The molecule has 2 aromatic rings. The maximum Gasteiger partial charge on any atom is 0.416 e. The summed E-state index contributed by atoms with van der Waals surface area (Å²) in [5, 5.41) is 9.58. The highest BCUT2D eigenvalue weighted by molar-refractivity contribution is 5.59. The Hall–Kier alpha value is -1.82. The molecule has 106 valence electrons. The average molecular weight is 282 g/mol. The fourth-order valence-corrected chi connectivity index (χ4v) is 2.38.